The Kier molecular flexibility index (Phi) is 6.94. The fourth-order valence-electron chi connectivity index (χ4n) is 4.07. The van der Waals surface area contributed by atoms with Gasteiger partial charge in [-0.2, -0.15) is 10.1 Å². The molecule has 1 fully saturated rings. The lowest BCUT2D eigenvalue weighted by atomic mass is 9.93. The summed E-state index contributed by atoms with van der Waals surface area (Å²) in [5.41, 5.74) is 1.82. The van der Waals surface area contributed by atoms with Crippen LogP contribution in [0.2, 0.25) is 0 Å². The van der Waals surface area contributed by atoms with Crippen LogP contribution < -0.4 is 10.1 Å². The van der Waals surface area contributed by atoms with E-state index in [1.807, 2.05) is 29.2 Å². The molecule has 9 nitrogen and oxygen atoms in total. The van der Waals surface area contributed by atoms with Crippen molar-refractivity contribution in [2.24, 2.45) is 5.92 Å². The van der Waals surface area contributed by atoms with Crippen molar-refractivity contribution < 1.29 is 14.3 Å². The van der Waals surface area contributed by atoms with E-state index in [2.05, 4.69) is 20.4 Å². The van der Waals surface area contributed by atoms with Crippen molar-refractivity contribution in [3.05, 3.63) is 54.1 Å². The number of amides is 2. The number of fused-ring (bicyclic) bond motifs is 1. The lowest BCUT2D eigenvalue weighted by molar-refractivity contribution is -0.132. The van der Waals surface area contributed by atoms with Crippen LogP contribution in [0.4, 0.5) is 0 Å². The Bertz CT molecular complexity index is 1080. The average Bonchev–Trinajstić information content (AvgIpc) is 3.29. The SMILES string of the molecule is COc1cccc(CNC(=O)CC[C@@H]2CCCN(C(=O)Cc3cnc4ncnn4c3)C2)c1. The summed E-state index contributed by atoms with van der Waals surface area (Å²) in [7, 11) is 1.63. The predicted molar refractivity (Wildman–Crippen MR) is 118 cm³/mol. The molecule has 0 spiro atoms. The quantitative estimate of drug-likeness (QED) is 0.580. The molecule has 2 aromatic heterocycles. The zero-order valence-corrected chi connectivity index (χ0v) is 18.2. The van der Waals surface area contributed by atoms with Crippen LogP contribution in [-0.4, -0.2) is 56.5 Å². The van der Waals surface area contributed by atoms with E-state index in [1.165, 1.54) is 6.33 Å². The Morgan fingerprint density at radius 1 is 1.25 bits per heavy atom. The topological polar surface area (TPSA) is 102 Å². The van der Waals surface area contributed by atoms with Crippen molar-refractivity contribution in [1.82, 2.24) is 29.8 Å². The Morgan fingerprint density at radius 3 is 3.03 bits per heavy atom. The molecule has 2 amide bonds. The van der Waals surface area contributed by atoms with E-state index in [9.17, 15) is 9.59 Å². The molecule has 0 saturated carbocycles. The summed E-state index contributed by atoms with van der Waals surface area (Å²) in [6.07, 6.45) is 8.44. The standard InChI is InChI=1S/C23H28N6O3/c1-32-20-6-2-4-18(10-20)12-24-21(30)8-7-17-5-3-9-28(14-17)22(31)11-19-13-25-23-26-16-27-29(23)15-19/h2,4,6,10,13,15-17H,3,5,7-9,11-12,14H2,1H3,(H,24,30)/t17-/m0/s1. The van der Waals surface area contributed by atoms with Gasteiger partial charge in [0, 0.05) is 38.4 Å². The average molecular weight is 437 g/mol. The lowest BCUT2D eigenvalue weighted by Gasteiger charge is -2.33. The molecule has 1 aliphatic heterocycles. The second kappa shape index (κ2) is 10.2. The molecule has 9 heteroatoms. The zero-order chi connectivity index (χ0) is 22.3. The van der Waals surface area contributed by atoms with Crippen LogP contribution in [0.5, 0.6) is 5.75 Å². The molecular formula is C23H28N6O3. The van der Waals surface area contributed by atoms with Gasteiger partial charge in [-0.3, -0.25) is 9.59 Å². The van der Waals surface area contributed by atoms with E-state index in [1.54, 1.807) is 24.0 Å². The number of benzene rings is 1. The number of aromatic nitrogens is 4. The third kappa shape index (κ3) is 5.60. The van der Waals surface area contributed by atoms with Gasteiger partial charge >= 0.3 is 0 Å². The largest absolute Gasteiger partial charge is 0.497 e. The fraction of sp³-hybridized carbons (Fsp3) is 0.435. The van der Waals surface area contributed by atoms with Gasteiger partial charge in [0.1, 0.15) is 12.1 Å². The molecular weight excluding hydrogens is 408 g/mol. The first-order valence-corrected chi connectivity index (χ1v) is 10.9. The van der Waals surface area contributed by atoms with Gasteiger partial charge in [-0.25, -0.2) is 9.50 Å². The van der Waals surface area contributed by atoms with Gasteiger partial charge in [-0.15, -0.1) is 0 Å². The molecule has 1 aliphatic rings. The van der Waals surface area contributed by atoms with Gasteiger partial charge < -0.3 is 15.0 Å². The van der Waals surface area contributed by atoms with Gasteiger partial charge in [0.2, 0.25) is 11.8 Å². The zero-order valence-electron chi connectivity index (χ0n) is 18.2. The van der Waals surface area contributed by atoms with Crippen LogP contribution in [0, 0.1) is 5.92 Å². The molecule has 32 heavy (non-hydrogen) atoms. The number of ether oxygens (including phenoxy) is 1. The van der Waals surface area contributed by atoms with Crippen molar-refractivity contribution in [3.63, 3.8) is 0 Å². The number of carbonyl (C=O) groups is 2. The molecule has 0 radical (unpaired) electrons. The van der Waals surface area contributed by atoms with Crippen molar-refractivity contribution in [3.8, 4) is 5.75 Å². The molecule has 168 valence electrons. The summed E-state index contributed by atoms with van der Waals surface area (Å²) in [5, 5.41) is 7.04. The van der Waals surface area contributed by atoms with Crippen LogP contribution in [0.1, 0.15) is 36.8 Å². The maximum absolute atomic E-state index is 12.8. The number of nitrogens with zero attached hydrogens (tertiary/aromatic N) is 5. The van der Waals surface area contributed by atoms with Crippen molar-refractivity contribution in [1.29, 1.82) is 0 Å². The Morgan fingerprint density at radius 2 is 2.16 bits per heavy atom. The Balaban J connectivity index is 1.22. The summed E-state index contributed by atoms with van der Waals surface area (Å²) < 4.78 is 6.79. The molecule has 3 heterocycles. The molecule has 1 saturated heterocycles. The first-order valence-electron chi connectivity index (χ1n) is 10.9. The van der Waals surface area contributed by atoms with Gasteiger partial charge in [-0.05, 0) is 48.4 Å². The summed E-state index contributed by atoms with van der Waals surface area (Å²) in [6.45, 7) is 1.94. The number of methoxy groups -OCH3 is 1. The van der Waals surface area contributed by atoms with E-state index in [-0.39, 0.29) is 18.2 Å². The highest BCUT2D eigenvalue weighted by molar-refractivity contribution is 5.79. The highest BCUT2D eigenvalue weighted by atomic mass is 16.5. The van der Waals surface area contributed by atoms with Gasteiger partial charge in [-0.1, -0.05) is 12.1 Å². The van der Waals surface area contributed by atoms with E-state index < -0.39 is 0 Å². The lowest BCUT2D eigenvalue weighted by Crippen LogP contribution is -2.41. The highest BCUT2D eigenvalue weighted by Gasteiger charge is 2.24. The normalized spacial score (nSPS) is 16.2. The van der Waals surface area contributed by atoms with E-state index >= 15 is 0 Å². The van der Waals surface area contributed by atoms with Crippen molar-refractivity contribution >= 4 is 17.6 Å². The van der Waals surface area contributed by atoms with Crippen molar-refractivity contribution in [2.45, 2.75) is 38.6 Å². The molecule has 1 atom stereocenters. The Hall–Kier alpha value is -3.49. The van der Waals surface area contributed by atoms with Crippen LogP contribution in [-0.2, 0) is 22.6 Å². The fourth-order valence-corrected chi connectivity index (χ4v) is 4.07. The maximum Gasteiger partial charge on any atom is 0.252 e. The second-order valence-electron chi connectivity index (χ2n) is 8.16. The summed E-state index contributed by atoms with van der Waals surface area (Å²) >= 11 is 0. The van der Waals surface area contributed by atoms with Crippen LogP contribution >= 0.6 is 0 Å². The monoisotopic (exact) mass is 436 g/mol. The van der Waals surface area contributed by atoms with Gasteiger partial charge in [0.15, 0.2) is 0 Å². The molecule has 4 rings (SSSR count). The number of hydrogen-bond acceptors (Lipinski definition) is 6. The summed E-state index contributed by atoms with van der Waals surface area (Å²) in [5.74, 6) is 1.75. The maximum atomic E-state index is 12.8. The van der Waals surface area contributed by atoms with Crippen LogP contribution in [0.3, 0.4) is 0 Å². The molecule has 1 aromatic carbocycles. The second-order valence-corrected chi connectivity index (χ2v) is 8.16. The number of carbonyl (C=O) groups excluding carboxylic acids is 2. The van der Waals surface area contributed by atoms with E-state index in [0.717, 1.165) is 42.7 Å². The minimum absolute atomic E-state index is 0.0310. The number of nitrogens with one attached hydrogen (secondary N) is 1. The minimum atomic E-state index is 0.0310. The molecule has 0 aliphatic carbocycles. The molecule has 0 bridgehead atoms. The summed E-state index contributed by atoms with van der Waals surface area (Å²) in [6, 6.07) is 7.67. The third-order valence-electron chi connectivity index (χ3n) is 5.82. The van der Waals surface area contributed by atoms with E-state index in [0.29, 0.717) is 31.2 Å². The first-order chi connectivity index (χ1) is 15.6. The number of likely N-dealkylation sites (tertiary alicyclic amines) is 1. The number of piperidine rings is 1. The number of hydrogen-bond donors (Lipinski definition) is 1. The minimum Gasteiger partial charge on any atom is -0.497 e. The molecule has 0 unspecified atom stereocenters. The highest BCUT2D eigenvalue weighted by Crippen LogP contribution is 2.22. The third-order valence-corrected chi connectivity index (χ3v) is 5.82. The van der Waals surface area contributed by atoms with E-state index in [4.69, 9.17) is 4.74 Å². The van der Waals surface area contributed by atoms with Gasteiger partial charge in [0.25, 0.3) is 5.78 Å². The summed E-state index contributed by atoms with van der Waals surface area (Å²) in [4.78, 5) is 35.3. The van der Waals surface area contributed by atoms with Crippen molar-refractivity contribution in [2.75, 3.05) is 20.2 Å². The predicted octanol–water partition coefficient (Wildman–Crippen LogP) is 2.01. The van der Waals surface area contributed by atoms with Crippen LogP contribution in [0.15, 0.2) is 43.0 Å². The smallest absolute Gasteiger partial charge is 0.252 e. The Labute approximate surface area is 186 Å². The molecule has 1 N–H and O–H groups in total. The number of rotatable bonds is 8. The van der Waals surface area contributed by atoms with Crippen LogP contribution in [0.25, 0.3) is 5.78 Å². The first kappa shape index (κ1) is 21.7. The molecule has 3 aromatic rings. The van der Waals surface area contributed by atoms with Gasteiger partial charge in [0.05, 0.1) is 13.5 Å².